The standard InChI is InChI=1S/C27H42O/c1-3-5-7-23(26-13-9-21(19-26)10-14-26)17-25(28)18-24(8-6-4-2)27-15-11-22(20-27)12-16-27/h17-18,21-22H,3-16,19-20H2,1-2H3. The van der Waals surface area contributed by atoms with Crippen molar-refractivity contribution in [3.63, 3.8) is 0 Å². The predicted molar refractivity (Wildman–Crippen MR) is 118 cm³/mol. The van der Waals surface area contributed by atoms with E-state index in [0.717, 1.165) is 24.7 Å². The Hall–Kier alpha value is -0.850. The molecule has 0 aromatic heterocycles. The zero-order chi connectivity index (χ0) is 19.6. The number of allylic oxidation sites excluding steroid dienone is 4. The molecule has 0 radical (unpaired) electrons. The van der Waals surface area contributed by atoms with Gasteiger partial charge < -0.3 is 0 Å². The quantitative estimate of drug-likeness (QED) is 0.350. The monoisotopic (exact) mass is 382 g/mol. The molecule has 28 heavy (non-hydrogen) atoms. The molecule has 0 saturated heterocycles. The molecule has 0 aromatic carbocycles. The molecule has 0 unspecified atom stereocenters. The summed E-state index contributed by atoms with van der Waals surface area (Å²) in [4.78, 5) is 13.3. The van der Waals surface area contributed by atoms with Crippen LogP contribution in [-0.2, 0) is 4.79 Å². The van der Waals surface area contributed by atoms with Crippen molar-refractivity contribution < 1.29 is 4.79 Å². The molecule has 4 fully saturated rings. The van der Waals surface area contributed by atoms with Crippen molar-refractivity contribution in [2.75, 3.05) is 0 Å². The van der Waals surface area contributed by atoms with Crippen LogP contribution in [0.15, 0.2) is 23.3 Å². The third-order valence-corrected chi connectivity index (χ3v) is 9.08. The van der Waals surface area contributed by atoms with E-state index in [1.54, 1.807) is 0 Å². The largest absolute Gasteiger partial charge is 0.290 e. The van der Waals surface area contributed by atoms with Crippen LogP contribution in [0.4, 0.5) is 0 Å². The number of fused-ring (bicyclic) bond motifs is 4. The van der Waals surface area contributed by atoms with Gasteiger partial charge in [0, 0.05) is 0 Å². The Bertz CT molecular complexity index is 567. The number of carbonyl (C=O) groups excluding carboxylic acids is 1. The van der Waals surface area contributed by atoms with Crippen molar-refractivity contribution in [3.8, 4) is 0 Å². The Morgan fingerprint density at radius 1 is 0.750 bits per heavy atom. The molecule has 4 rings (SSSR count). The van der Waals surface area contributed by atoms with E-state index >= 15 is 0 Å². The van der Waals surface area contributed by atoms with E-state index in [4.69, 9.17) is 0 Å². The first-order chi connectivity index (χ1) is 13.6. The van der Waals surface area contributed by atoms with E-state index in [1.807, 2.05) is 0 Å². The summed E-state index contributed by atoms with van der Waals surface area (Å²) in [6.45, 7) is 4.56. The highest BCUT2D eigenvalue weighted by Crippen LogP contribution is 2.60. The molecule has 0 aromatic rings. The van der Waals surface area contributed by atoms with Crippen LogP contribution in [0.3, 0.4) is 0 Å². The maximum Gasteiger partial charge on any atom is 0.178 e. The van der Waals surface area contributed by atoms with Crippen LogP contribution in [0.1, 0.15) is 117 Å². The fourth-order valence-corrected chi connectivity index (χ4v) is 7.39. The maximum atomic E-state index is 13.3. The molecule has 0 atom stereocenters. The normalized spacial score (nSPS) is 37.2. The van der Waals surface area contributed by atoms with Crippen molar-refractivity contribution >= 4 is 5.78 Å². The van der Waals surface area contributed by atoms with Gasteiger partial charge in [-0.05, 0) is 125 Å². The van der Waals surface area contributed by atoms with Gasteiger partial charge in [-0.1, -0.05) is 37.8 Å². The van der Waals surface area contributed by atoms with Crippen molar-refractivity contribution in [3.05, 3.63) is 23.3 Å². The minimum Gasteiger partial charge on any atom is -0.290 e. The SMILES string of the molecule is CCCCC(=CC(=O)C=C(CCCC)C12CCC(CC1)C2)C12CCC(CC1)C2. The van der Waals surface area contributed by atoms with Crippen molar-refractivity contribution in [2.45, 2.75) is 117 Å². The summed E-state index contributed by atoms with van der Waals surface area (Å²) in [6.07, 6.45) is 25.2. The Morgan fingerprint density at radius 2 is 1.14 bits per heavy atom. The van der Waals surface area contributed by atoms with E-state index < -0.39 is 0 Å². The van der Waals surface area contributed by atoms with Crippen LogP contribution < -0.4 is 0 Å². The van der Waals surface area contributed by atoms with Crippen LogP contribution in [0, 0.1) is 22.7 Å². The van der Waals surface area contributed by atoms with Gasteiger partial charge in [0.1, 0.15) is 0 Å². The molecular formula is C27H42O. The third-order valence-electron chi connectivity index (χ3n) is 9.08. The first-order valence-electron chi connectivity index (χ1n) is 12.6. The van der Waals surface area contributed by atoms with Crippen LogP contribution in [0.5, 0.6) is 0 Å². The molecule has 0 spiro atoms. The van der Waals surface area contributed by atoms with Gasteiger partial charge in [0.2, 0.25) is 0 Å². The van der Waals surface area contributed by atoms with E-state index in [-0.39, 0.29) is 0 Å². The van der Waals surface area contributed by atoms with Crippen LogP contribution in [0.25, 0.3) is 0 Å². The highest BCUT2D eigenvalue weighted by atomic mass is 16.1. The van der Waals surface area contributed by atoms with Gasteiger partial charge in [0.15, 0.2) is 5.78 Å². The van der Waals surface area contributed by atoms with E-state index in [0.29, 0.717) is 16.6 Å². The topological polar surface area (TPSA) is 17.1 Å². The molecule has 0 aliphatic heterocycles. The van der Waals surface area contributed by atoms with Crippen molar-refractivity contribution in [1.82, 2.24) is 0 Å². The molecule has 4 aliphatic carbocycles. The zero-order valence-corrected chi connectivity index (χ0v) is 18.5. The lowest BCUT2D eigenvalue weighted by molar-refractivity contribution is -0.110. The Morgan fingerprint density at radius 3 is 1.43 bits per heavy atom. The number of hydrogen-bond acceptors (Lipinski definition) is 1. The lowest BCUT2D eigenvalue weighted by Gasteiger charge is -2.31. The Balaban J connectivity index is 1.57. The third kappa shape index (κ3) is 3.92. The summed E-state index contributed by atoms with van der Waals surface area (Å²) in [7, 11) is 0. The van der Waals surface area contributed by atoms with Gasteiger partial charge >= 0.3 is 0 Å². The molecule has 4 bridgehead atoms. The Labute approximate surface area is 173 Å². The molecule has 0 heterocycles. The van der Waals surface area contributed by atoms with Crippen molar-refractivity contribution in [1.29, 1.82) is 0 Å². The number of carbonyl (C=O) groups is 1. The summed E-state index contributed by atoms with van der Waals surface area (Å²) in [5.41, 5.74) is 3.85. The molecule has 1 heteroatoms. The predicted octanol–water partition coefficient (Wildman–Crippen LogP) is 7.95. The first-order valence-corrected chi connectivity index (χ1v) is 12.6. The second-order valence-electron chi connectivity index (χ2n) is 10.8. The molecular weight excluding hydrogens is 340 g/mol. The second kappa shape index (κ2) is 8.49. The lowest BCUT2D eigenvalue weighted by atomic mass is 9.73. The number of ketones is 1. The average molecular weight is 383 g/mol. The van der Waals surface area contributed by atoms with Crippen LogP contribution in [-0.4, -0.2) is 5.78 Å². The fraction of sp³-hybridized carbons (Fsp3) is 0.815. The van der Waals surface area contributed by atoms with E-state index in [9.17, 15) is 4.79 Å². The zero-order valence-electron chi connectivity index (χ0n) is 18.5. The summed E-state index contributed by atoms with van der Waals surface area (Å²) >= 11 is 0. The number of unbranched alkanes of at least 4 members (excludes halogenated alkanes) is 2. The highest BCUT2D eigenvalue weighted by Gasteiger charge is 2.48. The highest BCUT2D eigenvalue weighted by molar-refractivity contribution is 6.00. The number of rotatable bonds is 10. The maximum absolute atomic E-state index is 13.3. The summed E-state index contributed by atoms with van der Waals surface area (Å²) in [5.74, 6) is 2.22. The lowest BCUT2D eigenvalue weighted by Crippen LogP contribution is -2.20. The molecule has 4 saturated carbocycles. The number of hydrogen-bond donors (Lipinski definition) is 0. The molecule has 4 aliphatic rings. The van der Waals surface area contributed by atoms with Gasteiger partial charge in [-0.25, -0.2) is 0 Å². The van der Waals surface area contributed by atoms with Gasteiger partial charge in [-0.15, -0.1) is 0 Å². The fourth-order valence-electron chi connectivity index (χ4n) is 7.39. The van der Waals surface area contributed by atoms with Gasteiger partial charge in [-0.2, -0.15) is 0 Å². The van der Waals surface area contributed by atoms with Gasteiger partial charge in [-0.3, -0.25) is 4.79 Å². The summed E-state index contributed by atoms with van der Waals surface area (Å²) < 4.78 is 0. The Kier molecular flexibility index (Phi) is 6.19. The van der Waals surface area contributed by atoms with E-state index in [2.05, 4.69) is 26.0 Å². The first kappa shape index (κ1) is 20.4. The molecule has 156 valence electrons. The average Bonchev–Trinajstić information content (AvgIpc) is 3.49. The minimum absolute atomic E-state index is 0.326. The molecule has 0 amide bonds. The van der Waals surface area contributed by atoms with Crippen LogP contribution in [0.2, 0.25) is 0 Å². The summed E-state index contributed by atoms with van der Waals surface area (Å²) in [6, 6.07) is 0. The molecule has 0 N–H and O–H groups in total. The molecule has 1 nitrogen and oxygen atoms in total. The van der Waals surface area contributed by atoms with Gasteiger partial charge in [0.25, 0.3) is 0 Å². The van der Waals surface area contributed by atoms with Gasteiger partial charge in [0.05, 0.1) is 0 Å². The second-order valence-corrected chi connectivity index (χ2v) is 10.8. The summed E-state index contributed by atoms with van der Waals surface area (Å²) in [5, 5.41) is 0. The van der Waals surface area contributed by atoms with Crippen LogP contribution >= 0.6 is 0 Å². The van der Waals surface area contributed by atoms with E-state index in [1.165, 1.54) is 101 Å². The minimum atomic E-state index is 0.326. The smallest absolute Gasteiger partial charge is 0.178 e. The van der Waals surface area contributed by atoms with Crippen molar-refractivity contribution in [2.24, 2.45) is 22.7 Å².